The molecular weight excluding hydrogens is 282 g/mol. The first-order valence-corrected chi connectivity index (χ1v) is 8.38. The van der Waals surface area contributed by atoms with E-state index in [1.54, 1.807) is 21.8 Å². The number of thiophene rings is 2. The molecule has 1 aliphatic rings. The molecule has 18 heavy (non-hydrogen) atoms. The van der Waals surface area contributed by atoms with E-state index >= 15 is 0 Å². The van der Waals surface area contributed by atoms with Crippen LogP contribution in [0.1, 0.15) is 39.1 Å². The first-order valence-electron chi connectivity index (χ1n) is 6.31. The molecule has 2 aromatic rings. The summed E-state index contributed by atoms with van der Waals surface area (Å²) in [6.07, 6.45) is 5.19. The highest BCUT2D eigenvalue weighted by Gasteiger charge is 2.21. The molecule has 3 rings (SSSR count). The molecule has 1 N–H and O–H groups in total. The van der Waals surface area contributed by atoms with Crippen molar-refractivity contribution in [2.75, 3.05) is 7.05 Å². The van der Waals surface area contributed by atoms with Gasteiger partial charge in [-0.1, -0.05) is 11.6 Å². The average molecular weight is 298 g/mol. The smallest absolute Gasteiger partial charge is 0.0777 e. The maximum atomic E-state index is 6.26. The van der Waals surface area contributed by atoms with Gasteiger partial charge in [0.15, 0.2) is 0 Å². The number of nitrogens with one attached hydrogen (secondary N) is 1. The minimum atomic E-state index is 0.257. The highest BCUT2D eigenvalue weighted by atomic mass is 35.5. The lowest BCUT2D eigenvalue weighted by Gasteiger charge is -2.13. The second kappa shape index (κ2) is 5.33. The fraction of sp³-hybridized carbons (Fsp3) is 0.429. The molecule has 2 heterocycles. The van der Waals surface area contributed by atoms with Crippen LogP contribution in [0.25, 0.3) is 0 Å². The molecule has 0 amide bonds. The second-order valence-electron chi connectivity index (χ2n) is 4.66. The molecule has 0 saturated carbocycles. The summed E-state index contributed by atoms with van der Waals surface area (Å²) >= 11 is 9.96. The lowest BCUT2D eigenvalue weighted by molar-refractivity contribution is 0.694. The van der Waals surface area contributed by atoms with Crippen molar-refractivity contribution in [3.8, 4) is 0 Å². The standard InChI is InChI=1S/C14H16ClNS2/c1-16-13(14-10(15)6-7-17-14)12-8-9-4-2-3-5-11(9)18-12/h6-8,13,16H,2-5H2,1H3. The maximum absolute atomic E-state index is 6.26. The molecule has 1 aliphatic carbocycles. The van der Waals surface area contributed by atoms with Crippen LogP contribution in [-0.4, -0.2) is 7.05 Å². The molecule has 0 bridgehead atoms. The van der Waals surface area contributed by atoms with E-state index in [1.807, 2.05) is 24.5 Å². The highest BCUT2D eigenvalue weighted by molar-refractivity contribution is 7.13. The molecule has 0 radical (unpaired) electrons. The minimum absolute atomic E-state index is 0.257. The van der Waals surface area contributed by atoms with Crippen molar-refractivity contribution < 1.29 is 0 Å². The number of hydrogen-bond acceptors (Lipinski definition) is 3. The normalized spacial score (nSPS) is 16.6. The van der Waals surface area contributed by atoms with Crippen molar-refractivity contribution >= 4 is 34.3 Å². The van der Waals surface area contributed by atoms with Crippen LogP contribution in [0.15, 0.2) is 17.5 Å². The Labute approximate surface area is 121 Å². The summed E-state index contributed by atoms with van der Waals surface area (Å²) in [5, 5.41) is 6.35. The van der Waals surface area contributed by atoms with Crippen molar-refractivity contribution in [2.24, 2.45) is 0 Å². The van der Waals surface area contributed by atoms with E-state index < -0.39 is 0 Å². The molecule has 1 nitrogen and oxygen atoms in total. The van der Waals surface area contributed by atoms with Crippen molar-refractivity contribution in [1.82, 2.24) is 5.32 Å². The van der Waals surface area contributed by atoms with E-state index in [2.05, 4.69) is 16.8 Å². The van der Waals surface area contributed by atoms with Gasteiger partial charge < -0.3 is 5.32 Å². The monoisotopic (exact) mass is 297 g/mol. The van der Waals surface area contributed by atoms with E-state index in [4.69, 9.17) is 11.6 Å². The van der Waals surface area contributed by atoms with Crippen LogP contribution in [0.4, 0.5) is 0 Å². The SMILES string of the molecule is CNC(c1cc2c(s1)CCCC2)c1sccc1Cl. The summed E-state index contributed by atoms with van der Waals surface area (Å²) in [5.74, 6) is 0. The van der Waals surface area contributed by atoms with E-state index in [-0.39, 0.29) is 6.04 Å². The van der Waals surface area contributed by atoms with Gasteiger partial charge in [0.2, 0.25) is 0 Å². The largest absolute Gasteiger partial charge is 0.308 e. The van der Waals surface area contributed by atoms with Gasteiger partial charge in [-0.3, -0.25) is 0 Å². The number of halogens is 1. The van der Waals surface area contributed by atoms with Gasteiger partial charge in [0.25, 0.3) is 0 Å². The molecular formula is C14H16ClNS2. The van der Waals surface area contributed by atoms with E-state index in [0.717, 1.165) is 5.02 Å². The van der Waals surface area contributed by atoms with Gasteiger partial charge in [0, 0.05) is 14.6 Å². The van der Waals surface area contributed by atoms with Crippen molar-refractivity contribution in [3.05, 3.63) is 42.7 Å². The Morgan fingerprint density at radius 2 is 2.17 bits per heavy atom. The molecule has 0 aromatic carbocycles. The summed E-state index contributed by atoms with van der Waals surface area (Å²) in [4.78, 5) is 4.23. The molecule has 96 valence electrons. The van der Waals surface area contributed by atoms with Gasteiger partial charge in [-0.15, -0.1) is 22.7 Å². The van der Waals surface area contributed by atoms with Crippen LogP contribution in [-0.2, 0) is 12.8 Å². The van der Waals surface area contributed by atoms with Crippen LogP contribution >= 0.6 is 34.3 Å². The predicted octanol–water partition coefficient (Wildman–Crippen LogP) is 4.65. The Bertz CT molecular complexity index is 520. The zero-order chi connectivity index (χ0) is 12.5. The van der Waals surface area contributed by atoms with Gasteiger partial charge in [0.1, 0.15) is 0 Å². The third kappa shape index (κ3) is 2.25. The van der Waals surface area contributed by atoms with Crippen LogP contribution in [0, 0.1) is 0 Å². The number of aryl methyl sites for hydroxylation is 2. The fourth-order valence-electron chi connectivity index (χ4n) is 2.57. The van der Waals surface area contributed by atoms with Gasteiger partial charge in [0.05, 0.1) is 11.1 Å². The Kier molecular flexibility index (Phi) is 3.76. The van der Waals surface area contributed by atoms with E-state index in [1.165, 1.54) is 35.4 Å². The maximum Gasteiger partial charge on any atom is 0.0777 e. The van der Waals surface area contributed by atoms with Gasteiger partial charge in [-0.05, 0) is 55.8 Å². The third-order valence-electron chi connectivity index (χ3n) is 3.50. The second-order valence-corrected chi connectivity index (χ2v) is 7.18. The van der Waals surface area contributed by atoms with Crippen molar-refractivity contribution in [1.29, 1.82) is 0 Å². The van der Waals surface area contributed by atoms with Crippen LogP contribution in [0.2, 0.25) is 5.02 Å². The quantitative estimate of drug-likeness (QED) is 0.869. The van der Waals surface area contributed by atoms with Crippen LogP contribution in [0.3, 0.4) is 0 Å². The molecule has 0 aliphatic heterocycles. The molecule has 1 atom stereocenters. The lowest BCUT2D eigenvalue weighted by atomic mass is 9.98. The van der Waals surface area contributed by atoms with Crippen molar-refractivity contribution in [3.63, 3.8) is 0 Å². The van der Waals surface area contributed by atoms with Crippen molar-refractivity contribution in [2.45, 2.75) is 31.7 Å². The Hall–Kier alpha value is -0.350. The molecule has 4 heteroatoms. The van der Waals surface area contributed by atoms with Gasteiger partial charge >= 0.3 is 0 Å². The summed E-state index contributed by atoms with van der Waals surface area (Å²) in [5.41, 5.74) is 1.56. The van der Waals surface area contributed by atoms with Gasteiger partial charge in [-0.2, -0.15) is 0 Å². The molecule has 1 unspecified atom stereocenters. The summed E-state index contributed by atoms with van der Waals surface area (Å²) in [6.45, 7) is 0. The zero-order valence-electron chi connectivity index (χ0n) is 10.3. The zero-order valence-corrected chi connectivity index (χ0v) is 12.7. The summed E-state index contributed by atoms with van der Waals surface area (Å²) in [7, 11) is 2.01. The number of hydrogen-bond donors (Lipinski definition) is 1. The lowest BCUT2D eigenvalue weighted by Crippen LogP contribution is -2.15. The van der Waals surface area contributed by atoms with Gasteiger partial charge in [-0.25, -0.2) is 0 Å². The summed E-state index contributed by atoms with van der Waals surface area (Å²) < 4.78 is 0. The Morgan fingerprint density at radius 1 is 1.33 bits per heavy atom. The summed E-state index contributed by atoms with van der Waals surface area (Å²) in [6, 6.07) is 4.63. The van der Waals surface area contributed by atoms with Crippen LogP contribution in [0.5, 0.6) is 0 Å². The molecule has 0 spiro atoms. The molecule has 2 aromatic heterocycles. The number of fused-ring (bicyclic) bond motifs is 1. The highest BCUT2D eigenvalue weighted by Crippen LogP contribution is 2.38. The van der Waals surface area contributed by atoms with E-state index in [0.29, 0.717) is 0 Å². The van der Waals surface area contributed by atoms with E-state index in [9.17, 15) is 0 Å². The Morgan fingerprint density at radius 3 is 2.83 bits per heavy atom. The molecule has 0 saturated heterocycles. The number of rotatable bonds is 3. The fourth-order valence-corrected chi connectivity index (χ4v) is 5.31. The topological polar surface area (TPSA) is 12.0 Å². The minimum Gasteiger partial charge on any atom is -0.308 e. The first-order chi connectivity index (χ1) is 8.79. The average Bonchev–Trinajstić information content (AvgIpc) is 2.97. The Balaban J connectivity index is 1.97. The van der Waals surface area contributed by atoms with Crippen LogP contribution < -0.4 is 5.32 Å². The first kappa shape index (κ1) is 12.7. The molecule has 0 fully saturated rings. The third-order valence-corrected chi connectivity index (χ3v) is 6.22. The predicted molar refractivity (Wildman–Crippen MR) is 81.2 cm³/mol.